The Morgan fingerprint density at radius 2 is 1.84 bits per heavy atom. The van der Waals surface area contributed by atoms with Crippen LogP contribution in [0.3, 0.4) is 0 Å². The van der Waals surface area contributed by atoms with Crippen LogP contribution in [0.1, 0.15) is 20.7 Å². The van der Waals surface area contributed by atoms with Gasteiger partial charge >= 0.3 is 0 Å². The summed E-state index contributed by atoms with van der Waals surface area (Å²) in [7, 11) is 0. The lowest BCUT2D eigenvalue weighted by atomic mass is 10.2. The molecule has 0 fully saturated rings. The molecule has 0 atom stereocenters. The lowest BCUT2D eigenvalue weighted by Gasteiger charge is -2.07. The number of benzene rings is 2. The number of amides is 1. The van der Waals surface area contributed by atoms with E-state index in [0.717, 1.165) is 0 Å². The molecule has 0 unspecified atom stereocenters. The zero-order chi connectivity index (χ0) is 13.8. The highest BCUT2D eigenvalue weighted by atomic mass is 35.5. The molecule has 2 aromatic carbocycles. The van der Waals surface area contributed by atoms with E-state index in [9.17, 15) is 14.0 Å². The second kappa shape index (κ2) is 5.63. The van der Waals surface area contributed by atoms with Crippen molar-refractivity contribution in [3.05, 3.63) is 64.4 Å². The van der Waals surface area contributed by atoms with Gasteiger partial charge in [0, 0.05) is 11.3 Å². The van der Waals surface area contributed by atoms with Crippen LogP contribution in [0.2, 0.25) is 5.02 Å². The molecule has 19 heavy (non-hydrogen) atoms. The number of hydrogen-bond donors (Lipinski definition) is 1. The second-order valence-corrected chi connectivity index (χ2v) is 4.17. The van der Waals surface area contributed by atoms with E-state index >= 15 is 0 Å². The minimum Gasteiger partial charge on any atom is -0.322 e. The summed E-state index contributed by atoms with van der Waals surface area (Å²) in [6.45, 7) is 0. The molecule has 0 radical (unpaired) electrons. The Balaban J connectivity index is 2.20. The van der Waals surface area contributed by atoms with Crippen molar-refractivity contribution in [2.45, 2.75) is 0 Å². The Hall–Kier alpha value is -2.20. The van der Waals surface area contributed by atoms with Crippen LogP contribution >= 0.6 is 11.6 Å². The van der Waals surface area contributed by atoms with E-state index in [-0.39, 0.29) is 10.6 Å². The molecule has 0 saturated heterocycles. The summed E-state index contributed by atoms with van der Waals surface area (Å²) in [4.78, 5) is 22.4. The fourth-order valence-electron chi connectivity index (χ4n) is 1.52. The third-order valence-electron chi connectivity index (χ3n) is 2.50. The molecule has 0 aliphatic heterocycles. The monoisotopic (exact) mass is 277 g/mol. The quantitative estimate of drug-likeness (QED) is 0.872. The normalized spacial score (nSPS) is 10.0. The topological polar surface area (TPSA) is 46.2 Å². The van der Waals surface area contributed by atoms with Crippen molar-refractivity contribution >= 4 is 29.5 Å². The Morgan fingerprint density at radius 1 is 1.16 bits per heavy atom. The van der Waals surface area contributed by atoms with Crippen LogP contribution < -0.4 is 5.32 Å². The molecule has 2 aromatic rings. The van der Waals surface area contributed by atoms with Gasteiger partial charge in [-0.05, 0) is 36.4 Å². The maximum atomic E-state index is 13.2. The molecule has 0 aliphatic rings. The van der Waals surface area contributed by atoms with Crippen LogP contribution in [0.15, 0.2) is 42.5 Å². The van der Waals surface area contributed by atoms with Gasteiger partial charge in [-0.1, -0.05) is 17.7 Å². The van der Waals surface area contributed by atoms with E-state index in [2.05, 4.69) is 5.32 Å². The molecule has 2 rings (SSSR count). The van der Waals surface area contributed by atoms with Gasteiger partial charge in [0.1, 0.15) is 12.1 Å². The molecule has 0 aliphatic carbocycles. The van der Waals surface area contributed by atoms with Gasteiger partial charge in [-0.3, -0.25) is 9.59 Å². The maximum Gasteiger partial charge on any atom is 0.257 e. The van der Waals surface area contributed by atoms with Crippen molar-refractivity contribution in [3.63, 3.8) is 0 Å². The smallest absolute Gasteiger partial charge is 0.257 e. The first-order chi connectivity index (χ1) is 9.11. The van der Waals surface area contributed by atoms with Crippen molar-refractivity contribution in [2.24, 2.45) is 0 Å². The van der Waals surface area contributed by atoms with Crippen LogP contribution in [-0.2, 0) is 0 Å². The minimum atomic E-state index is -0.648. The van der Waals surface area contributed by atoms with E-state index in [1.54, 1.807) is 24.3 Å². The molecule has 96 valence electrons. The van der Waals surface area contributed by atoms with Gasteiger partial charge in [0.25, 0.3) is 5.91 Å². The highest BCUT2D eigenvalue weighted by Gasteiger charge is 2.13. The number of rotatable bonds is 3. The van der Waals surface area contributed by atoms with E-state index in [1.807, 2.05) is 0 Å². The first kappa shape index (κ1) is 13.2. The van der Waals surface area contributed by atoms with E-state index in [1.165, 1.54) is 18.2 Å². The highest BCUT2D eigenvalue weighted by molar-refractivity contribution is 6.34. The van der Waals surface area contributed by atoms with Crippen LogP contribution in [-0.4, -0.2) is 12.2 Å². The molecule has 0 heterocycles. The van der Waals surface area contributed by atoms with Crippen molar-refractivity contribution in [1.82, 2.24) is 0 Å². The van der Waals surface area contributed by atoms with Gasteiger partial charge in [-0.2, -0.15) is 0 Å². The number of carbonyl (C=O) groups excluding carboxylic acids is 2. The Kier molecular flexibility index (Phi) is 3.92. The first-order valence-electron chi connectivity index (χ1n) is 5.42. The molecule has 1 N–H and O–H groups in total. The van der Waals surface area contributed by atoms with Gasteiger partial charge in [-0.25, -0.2) is 4.39 Å². The van der Waals surface area contributed by atoms with Crippen LogP contribution in [0.4, 0.5) is 10.1 Å². The predicted octanol–water partition coefficient (Wildman–Crippen LogP) is 3.54. The molecule has 3 nitrogen and oxygen atoms in total. The summed E-state index contributed by atoms with van der Waals surface area (Å²) in [5.74, 6) is -1.16. The van der Waals surface area contributed by atoms with Gasteiger partial charge in [0.15, 0.2) is 0 Å². The number of carbonyl (C=O) groups is 2. The van der Waals surface area contributed by atoms with Crippen LogP contribution in [0.25, 0.3) is 0 Å². The number of anilines is 1. The minimum absolute atomic E-state index is 0.0566. The van der Waals surface area contributed by atoms with E-state index in [0.29, 0.717) is 17.5 Å². The lowest BCUT2D eigenvalue weighted by molar-refractivity contribution is 0.102. The Labute approximate surface area is 114 Å². The maximum absolute atomic E-state index is 13.2. The van der Waals surface area contributed by atoms with Gasteiger partial charge < -0.3 is 5.32 Å². The van der Waals surface area contributed by atoms with Crippen molar-refractivity contribution in [1.29, 1.82) is 0 Å². The second-order valence-electron chi connectivity index (χ2n) is 3.80. The average molecular weight is 278 g/mol. The fraction of sp³-hybridized carbons (Fsp3) is 0. The molecule has 0 saturated carbocycles. The predicted molar refractivity (Wildman–Crippen MR) is 71.2 cm³/mol. The third kappa shape index (κ3) is 2.98. The molecule has 5 heteroatoms. The van der Waals surface area contributed by atoms with Gasteiger partial charge in [0.2, 0.25) is 0 Å². The summed E-state index contributed by atoms with van der Waals surface area (Å²) in [5.41, 5.74) is 1.05. The van der Waals surface area contributed by atoms with Crippen molar-refractivity contribution in [2.75, 3.05) is 5.32 Å². The van der Waals surface area contributed by atoms with E-state index in [4.69, 9.17) is 11.6 Å². The standard InChI is InChI=1S/C14H9ClFNO2/c15-13-11(2-1-3-12(13)16)14(19)17-10-6-4-9(8-18)5-7-10/h1-8H,(H,17,19). The van der Waals surface area contributed by atoms with E-state index < -0.39 is 11.7 Å². The van der Waals surface area contributed by atoms with Crippen molar-refractivity contribution < 1.29 is 14.0 Å². The highest BCUT2D eigenvalue weighted by Crippen LogP contribution is 2.21. The summed E-state index contributed by atoms with van der Waals surface area (Å²) < 4.78 is 13.2. The summed E-state index contributed by atoms with van der Waals surface area (Å²) in [5, 5.41) is 2.35. The SMILES string of the molecule is O=Cc1ccc(NC(=O)c2cccc(F)c2Cl)cc1. The number of aldehydes is 1. The Bertz CT molecular complexity index is 626. The first-order valence-corrected chi connectivity index (χ1v) is 5.80. The number of nitrogens with one attached hydrogen (secondary N) is 1. The zero-order valence-electron chi connectivity index (χ0n) is 9.69. The number of hydrogen-bond acceptors (Lipinski definition) is 2. The van der Waals surface area contributed by atoms with Gasteiger partial charge in [-0.15, -0.1) is 0 Å². The summed E-state index contributed by atoms with van der Waals surface area (Å²) in [6.07, 6.45) is 0.703. The third-order valence-corrected chi connectivity index (χ3v) is 2.88. The van der Waals surface area contributed by atoms with Crippen LogP contribution in [0, 0.1) is 5.82 Å². The molecule has 0 spiro atoms. The van der Waals surface area contributed by atoms with Crippen LogP contribution in [0.5, 0.6) is 0 Å². The summed E-state index contributed by atoms with van der Waals surface area (Å²) >= 11 is 5.72. The Morgan fingerprint density at radius 3 is 2.47 bits per heavy atom. The zero-order valence-corrected chi connectivity index (χ0v) is 10.4. The largest absolute Gasteiger partial charge is 0.322 e. The summed E-state index contributed by atoms with van der Waals surface area (Å²) in [6, 6.07) is 10.3. The molecular formula is C14H9ClFNO2. The molecule has 1 amide bonds. The lowest BCUT2D eigenvalue weighted by Crippen LogP contribution is -2.12. The molecule has 0 aromatic heterocycles. The average Bonchev–Trinajstić information content (AvgIpc) is 2.42. The molecular weight excluding hydrogens is 269 g/mol. The molecule has 0 bridgehead atoms. The van der Waals surface area contributed by atoms with Crippen molar-refractivity contribution in [3.8, 4) is 0 Å². The fourth-order valence-corrected chi connectivity index (χ4v) is 1.73. The number of halogens is 2. The van der Waals surface area contributed by atoms with Gasteiger partial charge in [0.05, 0.1) is 10.6 Å².